The van der Waals surface area contributed by atoms with Crippen LogP contribution >= 0.6 is 0 Å². The molecule has 4 saturated carbocycles. The minimum absolute atomic E-state index is 0.0138. The van der Waals surface area contributed by atoms with E-state index in [2.05, 4.69) is 20.8 Å². The fourth-order valence-electron chi connectivity index (χ4n) is 20.2. The van der Waals surface area contributed by atoms with E-state index < -0.39 is 311 Å². The monoisotopic (exact) mass is 1530 g/mol. The molecular weight excluding hydrogens is 1420 g/mol. The molecule has 0 aromatic carbocycles. The Morgan fingerprint density at radius 2 is 1.06 bits per heavy atom. The molecule has 0 aromatic heterocycles. The highest BCUT2D eigenvalue weighted by molar-refractivity contribution is 5.79. The minimum Gasteiger partial charge on any atom is -0.481 e. The first-order valence-electron chi connectivity index (χ1n) is 36.7. The summed E-state index contributed by atoms with van der Waals surface area (Å²) in [4.78, 5) is 29.8. The summed E-state index contributed by atoms with van der Waals surface area (Å²) in [6.07, 6.45) is -53.0. The van der Waals surface area contributed by atoms with Crippen molar-refractivity contribution in [2.24, 2.45) is 50.2 Å². The zero-order valence-corrected chi connectivity index (χ0v) is 60.0. The van der Waals surface area contributed by atoms with E-state index in [1.165, 1.54) is 20.8 Å². The van der Waals surface area contributed by atoms with Crippen molar-refractivity contribution < 1.29 is 183 Å². The number of hydrogen-bond donors (Lipinski definition) is 21. The number of rotatable bonds is 19. The van der Waals surface area contributed by atoms with Gasteiger partial charge in [0.05, 0.1) is 75.4 Å². The van der Waals surface area contributed by atoms with Crippen LogP contribution in [0.3, 0.4) is 0 Å². The van der Waals surface area contributed by atoms with Gasteiger partial charge in [-0.3, -0.25) is 9.59 Å². The number of carboxylic acid groups (broad SMARTS) is 1. The molecule has 7 saturated heterocycles. The maximum atomic E-state index is 15.9. The lowest BCUT2D eigenvalue weighted by Gasteiger charge is -2.71. The van der Waals surface area contributed by atoms with E-state index in [4.69, 9.17) is 66.3 Å². The van der Waals surface area contributed by atoms with Crippen molar-refractivity contribution in [2.75, 3.05) is 46.2 Å². The lowest BCUT2D eigenvalue weighted by Crippen LogP contribution is -2.71. The van der Waals surface area contributed by atoms with E-state index in [1.807, 2.05) is 13.0 Å². The van der Waals surface area contributed by atoms with Crippen molar-refractivity contribution in [3.05, 3.63) is 11.6 Å². The Hall–Kier alpha value is -2.64. The summed E-state index contributed by atoms with van der Waals surface area (Å²) >= 11 is 0. The van der Waals surface area contributed by atoms with Crippen molar-refractivity contribution in [2.45, 2.75) is 308 Å². The van der Waals surface area contributed by atoms with E-state index >= 15 is 4.79 Å². The smallest absolute Gasteiger partial charge is 0.315 e. The van der Waals surface area contributed by atoms with E-state index in [9.17, 15) is 112 Å². The van der Waals surface area contributed by atoms with Gasteiger partial charge in [-0.05, 0) is 113 Å². The van der Waals surface area contributed by atoms with Crippen LogP contribution in [0.25, 0.3) is 0 Å². The average molecular weight is 1530 g/mol. The molecule has 0 radical (unpaired) electrons. The van der Waals surface area contributed by atoms with Gasteiger partial charge in [0.2, 0.25) is 6.29 Å². The number of fused-ring (bicyclic) bond motifs is 7. The predicted octanol–water partition coefficient (Wildman–Crippen LogP) is -7.58. The number of hydrogen-bond acceptors (Lipinski definition) is 36. The van der Waals surface area contributed by atoms with Crippen molar-refractivity contribution >= 4 is 11.9 Å². The van der Waals surface area contributed by atoms with Crippen molar-refractivity contribution in [1.29, 1.82) is 0 Å². The number of carbonyl (C=O) groups is 2. The fourth-order valence-corrected chi connectivity index (χ4v) is 20.2. The maximum Gasteiger partial charge on any atom is 0.315 e. The zero-order valence-electron chi connectivity index (χ0n) is 60.0. The lowest BCUT2D eigenvalue weighted by atomic mass is 9.33. The quantitative estimate of drug-likeness (QED) is 0.0324. The average Bonchev–Trinajstić information content (AvgIpc) is 0.700. The Morgan fingerprint density at radius 1 is 0.500 bits per heavy atom. The van der Waals surface area contributed by atoms with Gasteiger partial charge in [-0.25, -0.2) is 0 Å². The molecule has 0 spiro atoms. The van der Waals surface area contributed by atoms with Crippen LogP contribution < -0.4 is 0 Å². The highest BCUT2D eigenvalue weighted by Gasteiger charge is 2.74. The van der Waals surface area contributed by atoms with E-state index in [0.29, 0.717) is 25.7 Å². The summed E-state index contributed by atoms with van der Waals surface area (Å²) in [7, 11) is 0. The maximum absolute atomic E-state index is 15.9. The molecule has 7 heterocycles. The summed E-state index contributed by atoms with van der Waals surface area (Å²) in [6, 6.07) is 0. The summed E-state index contributed by atoms with van der Waals surface area (Å²) in [5, 5.41) is 233. The summed E-state index contributed by atoms with van der Waals surface area (Å²) < 4.78 is 84.4. The second kappa shape index (κ2) is 30.9. The van der Waals surface area contributed by atoms with Crippen molar-refractivity contribution in [1.82, 2.24) is 0 Å². The number of allylic oxidation sites excluding steroid dienone is 1. The van der Waals surface area contributed by atoms with Crippen LogP contribution in [0.2, 0.25) is 0 Å². The zero-order chi connectivity index (χ0) is 77.4. The topological polar surface area (TPSA) is 588 Å². The number of aliphatic hydroxyl groups excluding tert-OH is 19. The van der Waals surface area contributed by atoms with Gasteiger partial charge < -0.3 is 174 Å². The molecule has 608 valence electrons. The van der Waals surface area contributed by atoms with Gasteiger partial charge in [-0.1, -0.05) is 39.3 Å². The van der Waals surface area contributed by atoms with Crippen LogP contribution in [0, 0.1) is 50.2 Å². The molecule has 106 heavy (non-hydrogen) atoms. The molecule has 0 amide bonds. The SMILES string of the molecule is C[C@@H]1O[C@H](OC(=O)[C@]23CCC(C)(C)C[C@H]2C2=CC[C@@H]4[C@@]5(C)C[C@H](O)[C@H](O[C@@H]6O[C@H](CO)[C@@H](O)[C@H](O)[C@H]6O)[C@@](C)(C(=O)O)[C@@H]5CC[C@@]4(C)[C@]2(CO)CC3)[C@@H](O[C@H]2O[C@H](C)[C@@H](O[C@@H]3OC[C@@H](O[C@@H]4O[C@H](CO)[C@H](O)[C@H](O)[C@H]4O)[C@H](O[C@@H]4OC[C@H](O)[C@H](O)[C@H]4O)[C@H]3O)[C@H](O[C@@H]3OC[C@](O)(CO)[C@H]3O)[C@@H]2O)[C@H](O)[C@@H]1O. The fraction of sp³-hybridized carbons (Fsp3) is 0.942. The number of carboxylic acids is 1. The molecule has 7 aliphatic heterocycles. The van der Waals surface area contributed by atoms with Crippen LogP contribution in [-0.2, 0) is 75.9 Å². The predicted molar refractivity (Wildman–Crippen MR) is 345 cm³/mol. The largest absolute Gasteiger partial charge is 0.481 e. The summed E-state index contributed by atoms with van der Waals surface area (Å²) in [6.45, 7) is 7.30. The molecule has 0 unspecified atom stereocenters. The number of carbonyl (C=O) groups excluding carboxylic acids is 1. The van der Waals surface area contributed by atoms with Crippen LogP contribution in [0.5, 0.6) is 0 Å². The molecule has 37 heteroatoms. The second-order valence-corrected chi connectivity index (χ2v) is 33.3. The Kier molecular flexibility index (Phi) is 24.2. The minimum atomic E-state index is -2.32. The van der Waals surface area contributed by atoms with E-state index in [0.717, 1.165) is 5.57 Å². The Balaban J connectivity index is 0.807. The molecule has 12 aliphatic rings. The van der Waals surface area contributed by atoms with Crippen LogP contribution in [0.15, 0.2) is 11.6 Å². The van der Waals surface area contributed by atoms with Gasteiger partial charge in [0, 0.05) is 5.41 Å². The van der Waals surface area contributed by atoms with Crippen molar-refractivity contribution in [3.63, 3.8) is 0 Å². The van der Waals surface area contributed by atoms with Gasteiger partial charge >= 0.3 is 11.9 Å². The summed E-state index contributed by atoms with van der Waals surface area (Å²) in [5.74, 6) is -3.85. The molecule has 0 aromatic rings. The second-order valence-electron chi connectivity index (χ2n) is 33.3. The van der Waals surface area contributed by atoms with E-state index in [-0.39, 0.29) is 32.1 Å². The van der Waals surface area contributed by atoms with Gasteiger partial charge in [0.1, 0.15) is 134 Å². The lowest BCUT2D eigenvalue weighted by molar-refractivity contribution is -0.395. The first kappa shape index (κ1) is 82.8. The molecular formula is C69H110O37. The third-order valence-electron chi connectivity index (χ3n) is 26.7. The molecule has 12 rings (SSSR count). The van der Waals surface area contributed by atoms with Gasteiger partial charge in [0.15, 0.2) is 43.8 Å². The first-order chi connectivity index (χ1) is 49.8. The number of esters is 1. The molecule has 41 atom stereocenters. The molecule has 5 aliphatic carbocycles. The standard InChI is InChI=1S/C69H110O37/c1-25-36(76)42(82)51(104-58-47(87)50(103-60-52(88)69(92,23-73)24-95-60)48(26(2)97-58)101-55-46(86)49(102-54-43(83)37(77)30(75)20-93-54)33(21-94-55)100-56-44(84)40(80)38(78)31(18-70)98-56)59(96-25)106-62(91)67-13-12-63(3,4)16-28(67)27-8-9-34-64(5)17-29(74)53(105-57-45(85)41(81)39(79)32(19-71)99-57)66(7,61(89)90)35(64)10-11-65(34,6)68(27,22-72)15-14-67/h8,25-26,28-60,70-88,92H,9-24H2,1-7H3,(H,89,90)/t25-,26+,28-,29-,30-,31+,32+,33+,34+,35+,36+,37-,38-,39+,40-,41-,42+,43+,44+,45+,46+,47-,48+,49-,50+,51-,52-,53-,54-,55-,56-,57-,58+,59+,60-,64+,65+,66-,67-,68-,69+/m0/s1. The van der Waals surface area contributed by atoms with Crippen LogP contribution in [0.4, 0.5) is 0 Å². The van der Waals surface area contributed by atoms with Gasteiger partial charge in [-0.2, -0.15) is 0 Å². The van der Waals surface area contributed by atoms with E-state index in [1.54, 1.807) is 0 Å². The highest BCUT2D eigenvalue weighted by Crippen LogP contribution is 2.76. The molecule has 0 bridgehead atoms. The number of aliphatic carboxylic acids is 1. The summed E-state index contributed by atoms with van der Waals surface area (Å²) in [5.41, 5.74) is -8.00. The third kappa shape index (κ3) is 13.9. The normalized spacial score (nSPS) is 54.6. The molecule has 37 nitrogen and oxygen atoms in total. The van der Waals surface area contributed by atoms with Gasteiger partial charge in [0.25, 0.3) is 0 Å². The van der Waals surface area contributed by atoms with Crippen molar-refractivity contribution in [3.8, 4) is 0 Å². The Morgan fingerprint density at radius 3 is 1.67 bits per heavy atom. The van der Waals surface area contributed by atoms with Crippen LogP contribution in [-0.4, -0.2) is 368 Å². The third-order valence-corrected chi connectivity index (χ3v) is 26.7. The van der Waals surface area contributed by atoms with Gasteiger partial charge in [-0.15, -0.1) is 0 Å². The number of aliphatic hydroxyl groups is 20. The Labute approximate surface area is 609 Å². The molecule has 11 fully saturated rings. The number of ether oxygens (including phenoxy) is 14. The Bertz CT molecular complexity index is 3080. The van der Waals surface area contributed by atoms with Crippen LogP contribution in [0.1, 0.15) is 106 Å². The molecule has 21 N–H and O–H groups in total. The first-order valence-corrected chi connectivity index (χ1v) is 36.7. The highest BCUT2D eigenvalue weighted by atomic mass is 16.8.